The molecule has 1 atom stereocenters. The molecule has 2 aromatic rings. The van der Waals surface area contributed by atoms with Crippen molar-refractivity contribution in [1.82, 2.24) is 9.62 Å². The van der Waals surface area contributed by atoms with Crippen LogP contribution < -0.4 is 10.1 Å². The Morgan fingerprint density at radius 3 is 2.55 bits per heavy atom. The van der Waals surface area contributed by atoms with Gasteiger partial charge in [-0.05, 0) is 44.2 Å². The number of morpholine rings is 1. The van der Waals surface area contributed by atoms with E-state index in [1.165, 1.54) is 16.4 Å². The minimum Gasteiger partial charge on any atom is -0.491 e. The van der Waals surface area contributed by atoms with Gasteiger partial charge in [-0.25, -0.2) is 8.42 Å². The first-order chi connectivity index (χ1) is 13.9. The molecule has 3 rings (SSSR count). The predicted molar refractivity (Wildman–Crippen MR) is 110 cm³/mol. The van der Waals surface area contributed by atoms with Gasteiger partial charge in [-0.3, -0.25) is 4.79 Å². The van der Waals surface area contributed by atoms with Crippen molar-refractivity contribution in [1.29, 1.82) is 0 Å². The van der Waals surface area contributed by atoms with Crippen molar-refractivity contribution in [2.45, 2.75) is 24.8 Å². The zero-order valence-corrected chi connectivity index (χ0v) is 17.4. The third-order valence-electron chi connectivity index (χ3n) is 4.60. The highest BCUT2D eigenvalue weighted by molar-refractivity contribution is 7.89. The molecule has 2 aromatic carbocycles. The molecule has 0 radical (unpaired) electrons. The normalized spacial score (nSPS) is 16.2. The molecule has 0 saturated carbocycles. The van der Waals surface area contributed by atoms with Gasteiger partial charge < -0.3 is 14.8 Å². The summed E-state index contributed by atoms with van der Waals surface area (Å²) in [5, 5.41) is 2.84. The van der Waals surface area contributed by atoms with E-state index in [2.05, 4.69) is 5.32 Å². The largest absolute Gasteiger partial charge is 0.491 e. The predicted octanol–water partition coefficient (Wildman–Crippen LogP) is 2.21. The topological polar surface area (TPSA) is 84.9 Å². The number of ether oxygens (including phenoxy) is 2. The summed E-state index contributed by atoms with van der Waals surface area (Å²) in [5.41, 5.74) is 1.44. The van der Waals surface area contributed by atoms with Crippen molar-refractivity contribution < 1.29 is 22.7 Å². The first-order valence-electron chi connectivity index (χ1n) is 9.54. The van der Waals surface area contributed by atoms with E-state index in [9.17, 15) is 13.2 Å². The third-order valence-corrected chi connectivity index (χ3v) is 6.50. The summed E-state index contributed by atoms with van der Waals surface area (Å²) in [6, 6.07) is 13.5. The van der Waals surface area contributed by atoms with Crippen molar-refractivity contribution >= 4 is 15.9 Å². The lowest BCUT2D eigenvalue weighted by molar-refractivity contribution is 0.0730. The smallest absolute Gasteiger partial charge is 0.251 e. The highest BCUT2D eigenvalue weighted by Gasteiger charge is 2.27. The van der Waals surface area contributed by atoms with Crippen LogP contribution in [0.4, 0.5) is 0 Å². The minimum absolute atomic E-state index is 0.107. The number of benzene rings is 2. The minimum atomic E-state index is -3.65. The van der Waals surface area contributed by atoms with Gasteiger partial charge in [0.2, 0.25) is 10.0 Å². The van der Waals surface area contributed by atoms with E-state index in [1.54, 1.807) is 12.1 Å². The molecule has 156 valence electrons. The SMILES string of the molecule is Cc1ccc(OCC(C)NC(=O)c2cccc(S(=O)(=O)N3CCOCC3)c2)cc1. The molecule has 29 heavy (non-hydrogen) atoms. The second-order valence-electron chi connectivity index (χ2n) is 7.04. The highest BCUT2D eigenvalue weighted by Crippen LogP contribution is 2.18. The number of hydrogen-bond acceptors (Lipinski definition) is 5. The van der Waals surface area contributed by atoms with Crippen LogP contribution in [0.15, 0.2) is 53.4 Å². The Kier molecular flexibility index (Phi) is 6.89. The number of amides is 1. The van der Waals surface area contributed by atoms with Crippen molar-refractivity contribution in [2.75, 3.05) is 32.9 Å². The van der Waals surface area contributed by atoms with E-state index in [0.29, 0.717) is 38.5 Å². The molecule has 1 aliphatic heterocycles. The van der Waals surface area contributed by atoms with Gasteiger partial charge in [0.1, 0.15) is 12.4 Å². The summed E-state index contributed by atoms with van der Waals surface area (Å²) in [6.45, 7) is 5.51. The fraction of sp³-hybridized carbons (Fsp3) is 0.381. The van der Waals surface area contributed by atoms with E-state index in [-0.39, 0.29) is 16.8 Å². The van der Waals surface area contributed by atoms with E-state index in [0.717, 1.165) is 11.3 Å². The van der Waals surface area contributed by atoms with Crippen LogP contribution >= 0.6 is 0 Å². The lowest BCUT2D eigenvalue weighted by Crippen LogP contribution is -2.40. The molecule has 7 nitrogen and oxygen atoms in total. The van der Waals surface area contributed by atoms with Gasteiger partial charge >= 0.3 is 0 Å². The molecule has 1 N–H and O–H groups in total. The van der Waals surface area contributed by atoms with E-state index in [1.807, 2.05) is 38.1 Å². The molecule has 1 aliphatic rings. The zero-order valence-electron chi connectivity index (χ0n) is 16.6. The Bertz CT molecular complexity index is 938. The Labute approximate surface area is 171 Å². The van der Waals surface area contributed by atoms with Gasteiger partial charge in [-0.15, -0.1) is 0 Å². The number of nitrogens with one attached hydrogen (secondary N) is 1. The molecule has 1 unspecified atom stereocenters. The molecule has 1 amide bonds. The van der Waals surface area contributed by atoms with Crippen LogP contribution in [-0.4, -0.2) is 57.6 Å². The average Bonchev–Trinajstić information content (AvgIpc) is 2.74. The maximum atomic E-state index is 12.8. The number of hydrogen-bond donors (Lipinski definition) is 1. The van der Waals surface area contributed by atoms with Crippen LogP contribution in [0.1, 0.15) is 22.8 Å². The molecule has 1 heterocycles. The molecular formula is C21H26N2O5S. The van der Waals surface area contributed by atoms with Crippen LogP contribution in [0, 0.1) is 6.92 Å². The number of rotatable bonds is 7. The van der Waals surface area contributed by atoms with Gasteiger partial charge in [0.25, 0.3) is 5.91 Å². The molecule has 1 fully saturated rings. The van der Waals surface area contributed by atoms with Crippen molar-refractivity contribution in [3.8, 4) is 5.75 Å². The molecule has 0 bridgehead atoms. The Morgan fingerprint density at radius 2 is 1.86 bits per heavy atom. The standard InChI is InChI=1S/C21H26N2O5S/c1-16-6-8-19(9-7-16)28-15-17(2)22-21(24)18-4-3-5-20(14-18)29(25,26)23-10-12-27-13-11-23/h3-9,14,17H,10-13,15H2,1-2H3,(H,22,24). The summed E-state index contributed by atoms with van der Waals surface area (Å²) < 4.78 is 37.9. The Balaban J connectivity index is 1.62. The van der Waals surface area contributed by atoms with E-state index < -0.39 is 10.0 Å². The third kappa shape index (κ3) is 5.56. The zero-order chi connectivity index (χ0) is 20.9. The van der Waals surface area contributed by atoms with Crippen LogP contribution in [0.5, 0.6) is 5.75 Å². The molecule has 8 heteroatoms. The number of carbonyl (C=O) groups is 1. The van der Waals surface area contributed by atoms with Gasteiger partial charge in [0.15, 0.2) is 0 Å². The first-order valence-corrected chi connectivity index (χ1v) is 11.0. The lowest BCUT2D eigenvalue weighted by Gasteiger charge is -2.26. The summed E-state index contributed by atoms with van der Waals surface area (Å²) in [6.07, 6.45) is 0. The molecule has 1 saturated heterocycles. The fourth-order valence-corrected chi connectivity index (χ4v) is 4.39. The monoisotopic (exact) mass is 418 g/mol. The van der Waals surface area contributed by atoms with Gasteiger partial charge in [-0.1, -0.05) is 23.8 Å². The summed E-state index contributed by atoms with van der Waals surface area (Å²) in [4.78, 5) is 12.7. The quantitative estimate of drug-likeness (QED) is 0.745. The summed E-state index contributed by atoms with van der Waals surface area (Å²) in [7, 11) is -3.65. The second kappa shape index (κ2) is 9.39. The highest BCUT2D eigenvalue weighted by atomic mass is 32.2. The fourth-order valence-electron chi connectivity index (χ4n) is 2.94. The number of carbonyl (C=O) groups excluding carboxylic acids is 1. The van der Waals surface area contributed by atoms with Crippen LogP contribution in [-0.2, 0) is 14.8 Å². The Morgan fingerprint density at radius 1 is 1.17 bits per heavy atom. The van der Waals surface area contributed by atoms with Crippen LogP contribution in [0.2, 0.25) is 0 Å². The lowest BCUT2D eigenvalue weighted by atomic mass is 10.2. The van der Waals surface area contributed by atoms with Crippen molar-refractivity contribution in [3.05, 3.63) is 59.7 Å². The first kappa shape index (κ1) is 21.3. The van der Waals surface area contributed by atoms with Gasteiger partial charge in [-0.2, -0.15) is 4.31 Å². The molecule has 0 spiro atoms. The summed E-state index contributed by atoms with van der Waals surface area (Å²) in [5.74, 6) is 0.388. The maximum absolute atomic E-state index is 12.8. The molecule has 0 aromatic heterocycles. The van der Waals surface area contributed by atoms with Crippen LogP contribution in [0.3, 0.4) is 0 Å². The van der Waals surface area contributed by atoms with Crippen molar-refractivity contribution in [3.63, 3.8) is 0 Å². The van der Waals surface area contributed by atoms with E-state index in [4.69, 9.17) is 9.47 Å². The van der Waals surface area contributed by atoms with E-state index >= 15 is 0 Å². The number of sulfonamides is 1. The maximum Gasteiger partial charge on any atom is 0.251 e. The van der Waals surface area contributed by atoms with Crippen LogP contribution in [0.25, 0.3) is 0 Å². The number of aryl methyl sites for hydroxylation is 1. The Hall–Kier alpha value is -2.42. The van der Waals surface area contributed by atoms with Crippen molar-refractivity contribution in [2.24, 2.45) is 0 Å². The summed E-state index contributed by atoms with van der Waals surface area (Å²) >= 11 is 0. The molecular weight excluding hydrogens is 392 g/mol. The van der Waals surface area contributed by atoms with Gasteiger partial charge in [0.05, 0.1) is 24.2 Å². The van der Waals surface area contributed by atoms with Gasteiger partial charge in [0, 0.05) is 18.7 Å². The average molecular weight is 419 g/mol. The second-order valence-corrected chi connectivity index (χ2v) is 8.98. The molecule has 0 aliphatic carbocycles. The number of nitrogens with zero attached hydrogens (tertiary/aromatic N) is 1.